The lowest BCUT2D eigenvalue weighted by molar-refractivity contribution is -0.165. The molecule has 1 saturated carbocycles. The first kappa shape index (κ1) is 20.6. The zero-order chi connectivity index (χ0) is 15.5. The third-order valence-corrected chi connectivity index (χ3v) is 3.93. The lowest BCUT2D eigenvalue weighted by Gasteiger charge is -2.40. The summed E-state index contributed by atoms with van der Waals surface area (Å²) < 4.78 is 5.55. The highest BCUT2D eigenvalue weighted by Gasteiger charge is 2.47. The van der Waals surface area contributed by atoms with Gasteiger partial charge in [0.2, 0.25) is 5.91 Å². The number of carbonyl (C=O) groups is 2. The van der Waals surface area contributed by atoms with Crippen LogP contribution in [-0.4, -0.2) is 53.5 Å². The number of rotatable bonds is 5. The second-order valence-electron chi connectivity index (χ2n) is 5.57. The second-order valence-corrected chi connectivity index (χ2v) is 5.57. The Labute approximate surface area is 153 Å². The summed E-state index contributed by atoms with van der Waals surface area (Å²) in [5.74, 6) is -0.309. The van der Waals surface area contributed by atoms with Crippen LogP contribution < -0.4 is 11.1 Å². The van der Waals surface area contributed by atoms with Gasteiger partial charge in [0.1, 0.15) is 6.61 Å². The number of hydrogen-bond donors (Lipinski definition) is 2. The smallest absolute Gasteiger partial charge is 0.251 e. The topological polar surface area (TPSA) is 97.5 Å². The lowest BCUT2D eigenvalue weighted by Crippen LogP contribution is -2.55. The number of nitrogens with one attached hydrogen (secondary N) is 1. The first-order valence-corrected chi connectivity index (χ1v) is 7.53. The van der Waals surface area contributed by atoms with Gasteiger partial charge in [-0.15, -0.1) is 24.8 Å². The molecule has 0 bridgehead atoms. The predicted molar refractivity (Wildman–Crippen MR) is 93.1 cm³/mol. The Kier molecular flexibility index (Phi) is 7.89. The monoisotopic (exact) mass is 376 g/mol. The van der Waals surface area contributed by atoms with E-state index >= 15 is 0 Å². The minimum Gasteiger partial charge on any atom is -0.356 e. The molecular weight excluding hydrogens is 355 g/mol. The summed E-state index contributed by atoms with van der Waals surface area (Å²) in [4.78, 5) is 30.6. The SMILES string of the molecule is Cl.Cl.NCCNC(=O)[C@H]1OCC(=O)N(C2CC2)[C@@H]1c1cccnc1. The molecule has 3 rings (SSSR count). The quantitative estimate of drug-likeness (QED) is 0.776. The molecule has 2 aliphatic rings. The third kappa shape index (κ3) is 4.36. The Balaban J connectivity index is 0.00000144. The number of halogens is 2. The molecule has 2 amide bonds. The van der Waals surface area contributed by atoms with Crippen LogP contribution in [-0.2, 0) is 14.3 Å². The van der Waals surface area contributed by atoms with E-state index in [1.165, 1.54) is 0 Å². The molecule has 1 aromatic heterocycles. The van der Waals surface area contributed by atoms with Gasteiger partial charge in [-0.3, -0.25) is 14.6 Å². The predicted octanol–water partition coefficient (Wildman–Crippen LogP) is 0.431. The normalized spacial score (nSPS) is 23.0. The fourth-order valence-corrected chi connectivity index (χ4v) is 2.81. The van der Waals surface area contributed by atoms with Crippen LogP contribution in [0.5, 0.6) is 0 Å². The minimum absolute atomic E-state index is 0. The van der Waals surface area contributed by atoms with Crippen molar-refractivity contribution < 1.29 is 14.3 Å². The largest absolute Gasteiger partial charge is 0.356 e. The maximum atomic E-state index is 12.4. The fourth-order valence-electron chi connectivity index (χ4n) is 2.81. The number of amides is 2. The van der Waals surface area contributed by atoms with E-state index in [1.54, 1.807) is 23.4 Å². The van der Waals surface area contributed by atoms with Crippen LogP contribution in [0.3, 0.4) is 0 Å². The summed E-state index contributed by atoms with van der Waals surface area (Å²) in [6.07, 6.45) is 4.57. The number of ether oxygens (including phenoxy) is 1. The van der Waals surface area contributed by atoms with Crippen molar-refractivity contribution in [3.05, 3.63) is 30.1 Å². The molecule has 7 nitrogen and oxygen atoms in total. The Morgan fingerprint density at radius 2 is 2.17 bits per heavy atom. The molecule has 0 spiro atoms. The summed E-state index contributed by atoms with van der Waals surface area (Å²) in [7, 11) is 0. The summed E-state index contributed by atoms with van der Waals surface area (Å²) in [5.41, 5.74) is 6.24. The number of nitrogens with zero attached hydrogens (tertiary/aromatic N) is 2. The molecule has 9 heteroatoms. The van der Waals surface area contributed by atoms with Crippen LogP contribution >= 0.6 is 24.8 Å². The van der Waals surface area contributed by atoms with Gasteiger partial charge in [-0.2, -0.15) is 0 Å². The Bertz CT molecular complexity index is 557. The molecule has 1 saturated heterocycles. The van der Waals surface area contributed by atoms with Crippen LogP contribution in [0.15, 0.2) is 24.5 Å². The Morgan fingerprint density at radius 1 is 1.42 bits per heavy atom. The van der Waals surface area contributed by atoms with Crippen molar-refractivity contribution >= 4 is 36.6 Å². The van der Waals surface area contributed by atoms with Crippen molar-refractivity contribution in [1.29, 1.82) is 0 Å². The molecule has 2 fully saturated rings. The van der Waals surface area contributed by atoms with E-state index in [0.717, 1.165) is 18.4 Å². The number of morpholine rings is 1. The van der Waals surface area contributed by atoms with Gasteiger partial charge in [0.05, 0.1) is 6.04 Å². The third-order valence-electron chi connectivity index (χ3n) is 3.93. The van der Waals surface area contributed by atoms with Gasteiger partial charge in [-0.05, 0) is 24.5 Å². The molecule has 0 unspecified atom stereocenters. The standard InChI is InChI=1S/C15H20N4O3.2ClH/c16-5-7-18-15(21)14-13(10-2-1-6-17-8-10)19(11-3-4-11)12(20)9-22-14;;/h1-2,6,8,11,13-14H,3-5,7,9,16H2,(H,18,21);2*1H/t13-,14+;;/m1../s1. The summed E-state index contributed by atoms with van der Waals surface area (Å²) in [5, 5.41) is 2.75. The van der Waals surface area contributed by atoms with Gasteiger partial charge in [-0.25, -0.2) is 0 Å². The van der Waals surface area contributed by atoms with Crippen LogP contribution in [0.4, 0.5) is 0 Å². The van der Waals surface area contributed by atoms with Gasteiger partial charge in [0.15, 0.2) is 6.10 Å². The molecule has 0 aromatic carbocycles. The van der Waals surface area contributed by atoms with Crippen LogP contribution in [0.2, 0.25) is 0 Å². The van der Waals surface area contributed by atoms with E-state index in [2.05, 4.69) is 10.3 Å². The molecule has 1 aliphatic heterocycles. The van der Waals surface area contributed by atoms with E-state index in [9.17, 15) is 9.59 Å². The first-order valence-electron chi connectivity index (χ1n) is 7.53. The van der Waals surface area contributed by atoms with E-state index in [1.807, 2.05) is 6.07 Å². The number of nitrogens with two attached hydrogens (primary N) is 1. The molecule has 24 heavy (non-hydrogen) atoms. The van der Waals surface area contributed by atoms with E-state index in [0.29, 0.717) is 13.1 Å². The van der Waals surface area contributed by atoms with Gasteiger partial charge < -0.3 is 20.7 Å². The number of aromatic nitrogens is 1. The second kappa shape index (κ2) is 9.17. The van der Waals surface area contributed by atoms with Crippen LogP contribution in [0, 0.1) is 0 Å². The van der Waals surface area contributed by atoms with Gasteiger partial charge in [0, 0.05) is 31.5 Å². The average Bonchev–Trinajstić information content (AvgIpc) is 3.37. The Morgan fingerprint density at radius 3 is 2.75 bits per heavy atom. The molecule has 134 valence electrons. The highest BCUT2D eigenvalue weighted by Crippen LogP contribution is 2.39. The number of carbonyl (C=O) groups excluding carboxylic acids is 2. The van der Waals surface area contributed by atoms with E-state index in [-0.39, 0.29) is 49.3 Å². The van der Waals surface area contributed by atoms with Crippen molar-refractivity contribution in [2.24, 2.45) is 5.73 Å². The molecule has 2 atom stereocenters. The van der Waals surface area contributed by atoms with Gasteiger partial charge in [0.25, 0.3) is 5.91 Å². The van der Waals surface area contributed by atoms with Crippen molar-refractivity contribution in [2.45, 2.75) is 31.0 Å². The molecule has 1 aliphatic carbocycles. The maximum absolute atomic E-state index is 12.4. The lowest BCUT2D eigenvalue weighted by atomic mass is 9.98. The van der Waals surface area contributed by atoms with Crippen molar-refractivity contribution in [3.63, 3.8) is 0 Å². The average molecular weight is 377 g/mol. The fraction of sp³-hybridized carbons (Fsp3) is 0.533. The molecule has 3 N–H and O–H groups in total. The number of hydrogen-bond acceptors (Lipinski definition) is 5. The first-order chi connectivity index (χ1) is 10.7. The van der Waals surface area contributed by atoms with Gasteiger partial charge >= 0.3 is 0 Å². The van der Waals surface area contributed by atoms with Crippen molar-refractivity contribution in [2.75, 3.05) is 19.7 Å². The highest BCUT2D eigenvalue weighted by molar-refractivity contribution is 5.86. The molecule has 2 heterocycles. The highest BCUT2D eigenvalue weighted by atomic mass is 35.5. The van der Waals surface area contributed by atoms with Crippen molar-refractivity contribution in [1.82, 2.24) is 15.2 Å². The molecule has 0 radical (unpaired) electrons. The zero-order valence-electron chi connectivity index (χ0n) is 13.1. The van der Waals surface area contributed by atoms with E-state index < -0.39 is 12.1 Å². The maximum Gasteiger partial charge on any atom is 0.251 e. The summed E-state index contributed by atoms with van der Waals surface area (Å²) in [6.45, 7) is 0.686. The van der Waals surface area contributed by atoms with E-state index in [4.69, 9.17) is 10.5 Å². The Hall–Kier alpha value is -1.41. The summed E-state index contributed by atoms with van der Waals surface area (Å²) in [6, 6.07) is 3.44. The molecule has 1 aromatic rings. The number of pyridine rings is 1. The van der Waals surface area contributed by atoms with Crippen LogP contribution in [0.25, 0.3) is 0 Å². The molecular formula is C15H22Cl2N4O3. The minimum atomic E-state index is -0.728. The zero-order valence-corrected chi connectivity index (χ0v) is 14.7. The van der Waals surface area contributed by atoms with Crippen LogP contribution in [0.1, 0.15) is 24.4 Å². The summed E-state index contributed by atoms with van der Waals surface area (Å²) >= 11 is 0. The van der Waals surface area contributed by atoms with Gasteiger partial charge in [-0.1, -0.05) is 6.07 Å². The van der Waals surface area contributed by atoms with Crippen molar-refractivity contribution in [3.8, 4) is 0 Å².